The van der Waals surface area contributed by atoms with E-state index in [4.69, 9.17) is 11.6 Å². The molecule has 0 saturated carbocycles. The molecule has 0 spiro atoms. The summed E-state index contributed by atoms with van der Waals surface area (Å²) >= 11 is 5.71. The molecule has 1 nitrogen and oxygen atoms in total. The molecule has 0 unspecified atom stereocenters. The fourth-order valence-electron chi connectivity index (χ4n) is 1.61. The second kappa shape index (κ2) is 4.50. The molecule has 0 saturated heterocycles. The molecule has 1 N–H and O–H groups in total. The zero-order valence-corrected chi connectivity index (χ0v) is 9.98. The first kappa shape index (κ1) is 12.5. The lowest BCUT2D eigenvalue weighted by Gasteiger charge is -2.29. The van der Waals surface area contributed by atoms with Crippen molar-refractivity contribution in [2.45, 2.75) is 26.7 Å². The molecule has 1 rings (SSSR count). The molecule has 15 heavy (non-hydrogen) atoms. The van der Waals surface area contributed by atoms with Crippen LogP contribution in [0.1, 0.15) is 32.3 Å². The lowest BCUT2D eigenvalue weighted by molar-refractivity contribution is 0.186. The lowest BCUT2D eigenvalue weighted by Crippen LogP contribution is -2.21. The van der Waals surface area contributed by atoms with E-state index in [1.54, 1.807) is 12.1 Å². The maximum absolute atomic E-state index is 13.0. The van der Waals surface area contributed by atoms with Crippen LogP contribution in [0.2, 0.25) is 5.02 Å². The van der Waals surface area contributed by atoms with Crippen LogP contribution in [0.3, 0.4) is 0 Å². The smallest absolute Gasteiger partial charge is 0.141 e. The number of aliphatic hydroxyl groups excluding tert-OH is 1. The summed E-state index contributed by atoms with van der Waals surface area (Å²) in [7, 11) is 0. The van der Waals surface area contributed by atoms with Crippen LogP contribution >= 0.6 is 11.6 Å². The average Bonchev–Trinajstić information content (AvgIpc) is 2.10. The van der Waals surface area contributed by atoms with Gasteiger partial charge in [0.05, 0.1) is 11.6 Å². The minimum absolute atomic E-state index is 0.0319. The summed E-state index contributed by atoms with van der Waals surface area (Å²) in [6.45, 7) is 6.13. The molecular weight excluding hydrogens is 215 g/mol. The third kappa shape index (κ3) is 2.93. The molecule has 0 aliphatic heterocycles. The Labute approximate surface area is 94.9 Å². The first-order chi connectivity index (χ1) is 6.86. The highest BCUT2D eigenvalue weighted by Gasteiger charge is 2.25. The number of hydrogen-bond acceptors (Lipinski definition) is 1. The van der Waals surface area contributed by atoms with Gasteiger partial charge in [0.1, 0.15) is 5.82 Å². The third-order valence-corrected chi connectivity index (χ3v) is 2.86. The van der Waals surface area contributed by atoms with Gasteiger partial charge in [-0.15, -0.1) is 0 Å². The van der Waals surface area contributed by atoms with E-state index in [-0.39, 0.29) is 23.0 Å². The summed E-state index contributed by atoms with van der Waals surface area (Å²) in [6, 6.07) is 4.60. The van der Waals surface area contributed by atoms with Crippen molar-refractivity contribution in [3.05, 3.63) is 34.6 Å². The fraction of sp³-hybridized carbons (Fsp3) is 0.500. The molecule has 0 amide bonds. The van der Waals surface area contributed by atoms with Crippen molar-refractivity contribution in [2.24, 2.45) is 5.41 Å². The quantitative estimate of drug-likeness (QED) is 0.823. The maximum atomic E-state index is 13.0. The fourth-order valence-corrected chi connectivity index (χ4v) is 1.80. The van der Waals surface area contributed by atoms with Crippen molar-refractivity contribution < 1.29 is 9.50 Å². The minimum Gasteiger partial charge on any atom is -0.396 e. The minimum atomic E-state index is -0.425. The van der Waals surface area contributed by atoms with Gasteiger partial charge in [-0.2, -0.15) is 0 Å². The predicted molar refractivity (Wildman–Crippen MR) is 60.7 cm³/mol. The van der Waals surface area contributed by atoms with Crippen LogP contribution in [0.25, 0.3) is 0 Å². The average molecular weight is 231 g/mol. The second-order valence-corrected chi connectivity index (χ2v) is 5.18. The van der Waals surface area contributed by atoms with Gasteiger partial charge in [-0.25, -0.2) is 4.39 Å². The Bertz CT molecular complexity index is 344. The van der Waals surface area contributed by atoms with Crippen LogP contribution < -0.4 is 0 Å². The molecule has 1 aromatic rings. The van der Waals surface area contributed by atoms with Crippen molar-refractivity contribution in [3.63, 3.8) is 0 Å². The summed E-state index contributed by atoms with van der Waals surface area (Å²) in [5.41, 5.74) is 0.798. The number of rotatable bonds is 2. The first-order valence-corrected chi connectivity index (χ1v) is 5.30. The largest absolute Gasteiger partial charge is 0.396 e. The van der Waals surface area contributed by atoms with Gasteiger partial charge in [0, 0.05) is 5.92 Å². The number of halogens is 2. The van der Waals surface area contributed by atoms with Gasteiger partial charge < -0.3 is 5.11 Å². The highest BCUT2D eigenvalue weighted by molar-refractivity contribution is 6.30. The normalized spacial score (nSPS) is 14.0. The third-order valence-electron chi connectivity index (χ3n) is 2.57. The topological polar surface area (TPSA) is 20.2 Å². The Kier molecular flexibility index (Phi) is 3.74. The number of hydrogen-bond donors (Lipinski definition) is 1. The van der Waals surface area contributed by atoms with Gasteiger partial charge in [0.2, 0.25) is 0 Å². The zero-order chi connectivity index (χ0) is 11.6. The van der Waals surface area contributed by atoms with Crippen molar-refractivity contribution in [1.29, 1.82) is 0 Å². The van der Waals surface area contributed by atoms with Crippen molar-refractivity contribution in [2.75, 3.05) is 6.61 Å². The van der Waals surface area contributed by atoms with Crippen molar-refractivity contribution >= 4 is 11.6 Å². The van der Waals surface area contributed by atoms with Crippen LogP contribution in [-0.2, 0) is 0 Å². The highest BCUT2D eigenvalue weighted by atomic mass is 35.5. The molecule has 0 aliphatic carbocycles. The van der Waals surface area contributed by atoms with Crippen molar-refractivity contribution in [3.8, 4) is 0 Å². The Hall–Kier alpha value is -0.600. The van der Waals surface area contributed by atoms with E-state index in [2.05, 4.69) is 0 Å². The van der Waals surface area contributed by atoms with Gasteiger partial charge in [0.15, 0.2) is 0 Å². The van der Waals surface area contributed by atoms with E-state index in [1.807, 2.05) is 20.8 Å². The summed E-state index contributed by atoms with van der Waals surface area (Å²) < 4.78 is 13.0. The van der Waals surface area contributed by atoms with E-state index >= 15 is 0 Å². The van der Waals surface area contributed by atoms with Crippen LogP contribution in [0.4, 0.5) is 4.39 Å². The predicted octanol–water partition coefficient (Wildman–Crippen LogP) is 3.60. The highest BCUT2D eigenvalue weighted by Crippen LogP contribution is 2.35. The summed E-state index contributed by atoms with van der Waals surface area (Å²) in [4.78, 5) is 0. The van der Waals surface area contributed by atoms with Gasteiger partial charge in [-0.3, -0.25) is 0 Å². The first-order valence-electron chi connectivity index (χ1n) is 4.92. The monoisotopic (exact) mass is 230 g/mol. The maximum Gasteiger partial charge on any atom is 0.141 e. The molecule has 0 bridgehead atoms. The van der Waals surface area contributed by atoms with Gasteiger partial charge in [0.25, 0.3) is 0 Å². The molecular formula is C12H16ClFO. The van der Waals surface area contributed by atoms with Gasteiger partial charge in [-0.1, -0.05) is 38.4 Å². The van der Waals surface area contributed by atoms with E-state index < -0.39 is 5.82 Å². The van der Waals surface area contributed by atoms with E-state index in [0.29, 0.717) is 0 Å². The SMILES string of the molecule is CC(C)(C)[C@H](CO)c1ccc(F)c(Cl)c1. The second-order valence-electron chi connectivity index (χ2n) is 4.77. The summed E-state index contributed by atoms with van der Waals surface area (Å²) in [5.74, 6) is -0.457. The van der Waals surface area contributed by atoms with Crippen LogP contribution in [0.5, 0.6) is 0 Å². The summed E-state index contributed by atoms with van der Waals surface area (Å²) in [6.07, 6.45) is 0. The summed E-state index contributed by atoms with van der Waals surface area (Å²) in [5, 5.41) is 9.45. The van der Waals surface area contributed by atoms with Crippen molar-refractivity contribution in [1.82, 2.24) is 0 Å². The van der Waals surface area contributed by atoms with E-state index in [9.17, 15) is 9.50 Å². The van der Waals surface area contributed by atoms with Crippen LogP contribution in [-0.4, -0.2) is 11.7 Å². The Morgan fingerprint density at radius 1 is 1.40 bits per heavy atom. The number of aliphatic hydroxyl groups is 1. The Balaban J connectivity index is 3.08. The molecule has 0 fully saturated rings. The van der Waals surface area contributed by atoms with Gasteiger partial charge in [-0.05, 0) is 23.1 Å². The molecule has 1 aromatic carbocycles. The zero-order valence-electron chi connectivity index (χ0n) is 9.22. The molecule has 0 aromatic heterocycles. The van der Waals surface area contributed by atoms with Gasteiger partial charge >= 0.3 is 0 Å². The molecule has 0 aliphatic rings. The van der Waals surface area contributed by atoms with Crippen LogP contribution in [0.15, 0.2) is 18.2 Å². The molecule has 1 atom stereocenters. The molecule has 3 heteroatoms. The van der Waals surface area contributed by atoms with Crippen LogP contribution in [0, 0.1) is 11.2 Å². The number of benzene rings is 1. The van der Waals surface area contributed by atoms with E-state index in [0.717, 1.165) is 5.56 Å². The Morgan fingerprint density at radius 2 is 2.00 bits per heavy atom. The standard InChI is InChI=1S/C12H16ClFO/c1-12(2,3)9(7-15)8-4-5-11(14)10(13)6-8/h4-6,9,15H,7H2,1-3H3/t9-/m1/s1. The van der Waals surface area contributed by atoms with E-state index in [1.165, 1.54) is 6.07 Å². The molecule has 0 radical (unpaired) electrons. The molecule has 84 valence electrons. The molecule has 0 heterocycles. The Morgan fingerprint density at radius 3 is 2.40 bits per heavy atom. The lowest BCUT2D eigenvalue weighted by atomic mass is 9.77.